The minimum Gasteiger partial charge on any atom is -0.410 e. The smallest absolute Gasteiger partial charge is 0.410 e. The van der Waals surface area contributed by atoms with Gasteiger partial charge in [-0.3, -0.25) is 4.79 Å². The number of nitrogens with two attached hydrogens (primary N) is 1. The number of aliphatic imine (C=N–C) groups is 1. The molecule has 18 heteroatoms. The van der Waals surface area contributed by atoms with Crippen LogP contribution in [0.25, 0.3) is 5.57 Å². The molecule has 3 N–H and O–H groups in total. The monoisotopic (exact) mass is 595 g/mol. The van der Waals surface area contributed by atoms with E-state index in [-0.39, 0.29) is 27.4 Å². The zero-order chi connectivity index (χ0) is 29.5. The number of aryl methyl sites for hydroxylation is 1. The number of nitrogens with one attached hydrogen (secondary N) is 1. The fraction of sp³-hybridized carbons (Fsp3) is 0.381. The Morgan fingerprint density at radius 3 is 2.36 bits per heavy atom. The van der Waals surface area contributed by atoms with Gasteiger partial charge in [-0.05, 0) is 30.5 Å². The average molecular weight is 596 g/mol. The van der Waals surface area contributed by atoms with Crippen LogP contribution in [0.3, 0.4) is 0 Å². The van der Waals surface area contributed by atoms with Gasteiger partial charge >= 0.3 is 18.5 Å². The second kappa shape index (κ2) is 10.6. The molecule has 7 nitrogen and oxygen atoms in total. The number of aromatic nitrogens is 2. The molecule has 0 radical (unpaired) electrons. The van der Waals surface area contributed by atoms with E-state index in [0.717, 1.165) is 25.4 Å². The van der Waals surface area contributed by atoms with E-state index in [9.17, 15) is 48.7 Å². The summed E-state index contributed by atoms with van der Waals surface area (Å²) in [6, 6.07) is 1.71. The van der Waals surface area contributed by atoms with Crippen LogP contribution in [-0.2, 0) is 13.2 Å². The first-order valence-corrected chi connectivity index (χ1v) is 10.9. The minimum absolute atomic E-state index is 0.135. The average Bonchev–Trinajstić information content (AvgIpc) is 3.56. The Kier molecular flexibility index (Phi) is 8.15. The van der Waals surface area contributed by atoms with E-state index in [1.54, 1.807) is 0 Å². The Hall–Kier alpha value is -3.50. The number of benzene rings is 1. The molecule has 0 saturated heterocycles. The lowest BCUT2D eigenvalue weighted by atomic mass is 10.0. The van der Waals surface area contributed by atoms with E-state index in [0.29, 0.717) is 19.1 Å². The number of carbonyl (C=O) groups excluding carboxylic acids is 1. The van der Waals surface area contributed by atoms with E-state index >= 15 is 0 Å². The molecule has 0 spiro atoms. The Balaban J connectivity index is 2.01. The van der Waals surface area contributed by atoms with Gasteiger partial charge in [-0.1, -0.05) is 11.6 Å². The van der Waals surface area contributed by atoms with Gasteiger partial charge in [0.05, 0.1) is 10.6 Å². The molecule has 1 saturated carbocycles. The molecular formula is C21H16ClF10N5O2. The summed E-state index contributed by atoms with van der Waals surface area (Å²) in [5, 5.41) is 4.98. The number of hydrogen-bond acceptors (Lipinski definition) is 5. The van der Waals surface area contributed by atoms with E-state index in [4.69, 9.17) is 17.3 Å². The highest BCUT2D eigenvalue weighted by atomic mass is 35.5. The third-order valence-electron chi connectivity index (χ3n) is 5.11. The molecule has 1 unspecified atom stereocenters. The maximum Gasteiger partial charge on any atom is 0.440 e. The van der Waals surface area contributed by atoms with E-state index in [1.807, 2.05) is 0 Å². The molecule has 0 bridgehead atoms. The van der Waals surface area contributed by atoms with Gasteiger partial charge in [-0.2, -0.15) is 35.1 Å². The summed E-state index contributed by atoms with van der Waals surface area (Å²) in [6.45, 7) is 0. The Labute approximate surface area is 217 Å². The van der Waals surface area contributed by atoms with Crippen molar-refractivity contribution in [1.29, 1.82) is 0 Å². The molecule has 1 aliphatic rings. The third-order valence-corrected chi connectivity index (χ3v) is 5.49. The first-order chi connectivity index (χ1) is 17.9. The number of rotatable bonds is 8. The van der Waals surface area contributed by atoms with Gasteiger partial charge in [0.1, 0.15) is 5.82 Å². The molecule has 1 fully saturated rings. The van der Waals surface area contributed by atoms with Crippen molar-refractivity contribution in [2.75, 3.05) is 0 Å². The first-order valence-electron chi connectivity index (χ1n) is 10.5. The fourth-order valence-electron chi connectivity index (χ4n) is 3.09. The predicted molar refractivity (Wildman–Crippen MR) is 117 cm³/mol. The molecule has 39 heavy (non-hydrogen) atoms. The van der Waals surface area contributed by atoms with Gasteiger partial charge in [-0.25, -0.2) is 18.5 Å². The molecule has 1 aromatic carbocycles. The van der Waals surface area contributed by atoms with Crippen LogP contribution < -0.4 is 15.8 Å². The zero-order valence-corrected chi connectivity index (χ0v) is 20.0. The molecule has 3 rings (SSSR count). The molecule has 2 aromatic rings. The molecule has 1 heterocycles. The lowest BCUT2D eigenvalue weighted by Crippen LogP contribution is -2.46. The summed E-state index contributed by atoms with van der Waals surface area (Å²) in [5.41, 5.74) is 2.49. The number of halogens is 11. The standard InChI is InChI=1S/C21H16ClF10N5O2/c1-37-15(13(19(25,26)27)17(36-37)39-21(31,32)18(24)20(28,29)30)34-7-9(6-33)8-4-11(14(22)12(23)5-8)16(38)35-10-2-3-10/h4-7,10,18H,2-3,33H2,1H3,(H,35,38). The van der Waals surface area contributed by atoms with Crippen molar-refractivity contribution in [3.63, 3.8) is 0 Å². The summed E-state index contributed by atoms with van der Waals surface area (Å²) in [7, 11) is 0.748. The van der Waals surface area contributed by atoms with Crippen molar-refractivity contribution in [1.82, 2.24) is 15.1 Å². The number of hydrogen-bond donors (Lipinski definition) is 2. The number of nitrogens with zero attached hydrogens (tertiary/aromatic N) is 3. The number of carbonyl (C=O) groups is 1. The summed E-state index contributed by atoms with van der Waals surface area (Å²) in [6.07, 6.45) is -19.8. The van der Waals surface area contributed by atoms with Gasteiger partial charge < -0.3 is 15.8 Å². The normalized spacial score (nSPS) is 16.1. The van der Waals surface area contributed by atoms with Crippen molar-refractivity contribution in [2.24, 2.45) is 17.8 Å². The summed E-state index contributed by atoms with van der Waals surface area (Å²) < 4.78 is 137. The Morgan fingerprint density at radius 2 is 1.85 bits per heavy atom. The molecule has 0 aliphatic heterocycles. The summed E-state index contributed by atoms with van der Waals surface area (Å²) in [5.74, 6) is -5.20. The van der Waals surface area contributed by atoms with Crippen LogP contribution in [0.4, 0.5) is 49.7 Å². The molecule has 1 aliphatic carbocycles. The van der Waals surface area contributed by atoms with Crippen LogP contribution in [0.2, 0.25) is 5.02 Å². The highest BCUT2D eigenvalue weighted by Gasteiger charge is 2.60. The molecular weight excluding hydrogens is 580 g/mol. The minimum atomic E-state index is -6.17. The van der Waals surface area contributed by atoms with Crippen LogP contribution in [0, 0.1) is 5.82 Å². The van der Waals surface area contributed by atoms with Crippen LogP contribution in [0.5, 0.6) is 5.88 Å². The lowest BCUT2D eigenvalue weighted by Gasteiger charge is -2.22. The predicted octanol–water partition coefficient (Wildman–Crippen LogP) is 5.70. The second-order valence-electron chi connectivity index (χ2n) is 8.14. The van der Waals surface area contributed by atoms with Gasteiger partial charge in [0, 0.05) is 31.1 Å². The largest absolute Gasteiger partial charge is 0.440 e. The van der Waals surface area contributed by atoms with Crippen LogP contribution in [-0.4, -0.2) is 46.4 Å². The van der Waals surface area contributed by atoms with Crippen LogP contribution >= 0.6 is 11.6 Å². The van der Waals surface area contributed by atoms with E-state index in [1.165, 1.54) is 0 Å². The van der Waals surface area contributed by atoms with E-state index in [2.05, 4.69) is 20.1 Å². The van der Waals surface area contributed by atoms with Gasteiger partial charge in [-0.15, -0.1) is 5.10 Å². The lowest BCUT2D eigenvalue weighted by molar-refractivity contribution is -0.306. The highest BCUT2D eigenvalue weighted by molar-refractivity contribution is 6.34. The van der Waals surface area contributed by atoms with Crippen molar-refractivity contribution in [3.8, 4) is 5.88 Å². The number of ether oxygens (including phenoxy) is 1. The maximum absolute atomic E-state index is 14.4. The van der Waals surface area contributed by atoms with Gasteiger partial charge in [0.25, 0.3) is 18.0 Å². The molecule has 1 aromatic heterocycles. The van der Waals surface area contributed by atoms with Gasteiger partial charge in [0.15, 0.2) is 11.4 Å². The van der Waals surface area contributed by atoms with Gasteiger partial charge in [0.2, 0.25) is 0 Å². The highest BCUT2D eigenvalue weighted by Crippen LogP contribution is 2.45. The quantitative estimate of drug-likeness (QED) is 0.303. The van der Waals surface area contributed by atoms with E-state index < -0.39 is 58.6 Å². The fourth-order valence-corrected chi connectivity index (χ4v) is 3.28. The van der Waals surface area contributed by atoms with Crippen molar-refractivity contribution in [3.05, 3.63) is 45.9 Å². The second-order valence-corrected chi connectivity index (χ2v) is 8.52. The molecule has 1 amide bonds. The van der Waals surface area contributed by atoms with Crippen molar-refractivity contribution < 1.29 is 53.4 Å². The number of alkyl halides is 9. The van der Waals surface area contributed by atoms with Crippen LogP contribution in [0.1, 0.15) is 34.3 Å². The number of amides is 1. The summed E-state index contributed by atoms with van der Waals surface area (Å²) >= 11 is 5.85. The number of allylic oxidation sites excluding steroid dienone is 1. The Morgan fingerprint density at radius 1 is 1.23 bits per heavy atom. The van der Waals surface area contributed by atoms with Crippen LogP contribution in [0.15, 0.2) is 23.3 Å². The SMILES string of the molecule is Cn1nc(OC(F)(F)C(F)C(F)(F)F)c(C(F)(F)F)c1N=CC(=CN)c1cc(F)c(Cl)c(C(=O)NC2CC2)c1. The zero-order valence-electron chi connectivity index (χ0n) is 19.3. The van der Waals surface area contributed by atoms with Crippen molar-refractivity contribution in [2.45, 2.75) is 43.5 Å². The third kappa shape index (κ3) is 6.75. The topological polar surface area (TPSA) is 94.5 Å². The summed E-state index contributed by atoms with van der Waals surface area (Å²) in [4.78, 5) is 15.8. The molecule has 1 atom stereocenters. The molecule has 214 valence electrons. The first kappa shape index (κ1) is 30.0. The Bertz CT molecular complexity index is 1320. The van der Waals surface area contributed by atoms with Crippen molar-refractivity contribution >= 4 is 35.1 Å². The maximum atomic E-state index is 14.4.